The Bertz CT molecular complexity index is 1000. The zero-order chi connectivity index (χ0) is 21.1. The minimum atomic E-state index is -4.66. The minimum absolute atomic E-state index is 0.0960. The number of amides is 1. The predicted molar refractivity (Wildman–Crippen MR) is 102 cm³/mol. The Morgan fingerprint density at radius 1 is 1.30 bits per heavy atom. The van der Waals surface area contributed by atoms with E-state index in [2.05, 4.69) is 20.6 Å². The van der Waals surface area contributed by atoms with Crippen molar-refractivity contribution in [3.05, 3.63) is 96.0 Å². The first kappa shape index (κ1) is 19.7. The summed E-state index contributed by atoms with van der Waals surface area (Å²) in [6.45, 7) is 0. The van der Waals surface area contributed by atoms with Gasteiger partial charge >= 0.3 is 6.18 Å². The van der Waals surface area contributed by atoms with Gasteiger partial charge in [0.2, 0.25) is 0 Å². The third-order valence-corrected chi connectivity index (χ3v) is 4.84. The molecule has 30 heavy (non-hydrogen) atoms. The fourth-order valence-corrected chi connectivity index (χ4v) is 3.47. The van der Waals surface area contributed by atoms with Crippen LogP contribution in [0.5, 0.6) is 0 Å². The summed E-state index contributed by atoms with van der Waals surface area (Å²) >= 11 is 0. The molecule has 0 saturated heterocycles. The number of carbonyl (C=O) groups is 1. The molecule has 2 unspecified atom stereocenters. The highest BCUT2D eigenvalue weighted by atomic mass is 19.4. The van der Waals surface area contributed by atoms with Crippen molar-refractivity contribution >= 4 is 5.91 Å². The Morgan fingerprint density at radius 2 is 2.17 bits per heavy atom. The van der Waals surface area contributed by atoms with Gasteiger partial charge in [0.25, 0.3) is 5.91 Å². The van der Waals surface area contributed by atoms with Crippen LogP contribution in [-0.2, 0) is 11.2 Å². The smallest absolute Gasteiger partial charge is 0.358 e. The number of fused-ring (bicyclic) bond motifs is 1. The molecule has 2 atom stereocenters. The number of hydrogen-bond acceptors (Lipinski definition) is 4. The SMILES string of the molecule is O=C(NC(c1cccnc1)C(F)(F)F)C1=C2C=CC=CN2C(Cc2ccc[nH+]c2)N1. The molecule has 0 radical (unpaired) electrons. The second kappa shape index (κ2) is 8.02. The number of carbonyl (C=O) groups excluding carboxylic acids is 1. The van der Waals surface area contributed by atoms with Crippen molar-refractivity contribution in [1.29, 1.82) is 0 Å². The van der Waals surface area contributed by atoms with Gasteiger partial charge in [-0.05, 0) is 24.3 Å². The monoisotopic (exact) mass is 414 g/mol. The van der Waals surface area contributed by atoms with Crippen molar-refractivity contribution in [2.45, 2.75) is 24.8 Å². The normalized spacial score (nSPS) is 18.8. The van der Waals surface area contributed by atoms with Crippen LogP contribution in [0.15, 0.2) is 84.9 Å². The summed E-state index contributed by atoms with van der Waals surface area (Å²) in [4.78, 5) is 21.5. The van der Waals surface area contributed by atoms with Crippen LogP contribution < -0.4 is 15.6 Å². The average Bonchev–Trinajstić information content (AvgIpc) is 3.11. The topological polar surface area (TPSA) is 71.4 Å². The molecule has 1 amide bonds. The molecule has 2 aromatic heterocycles. The summed E-state index contributed by atoms with van der Waals surface area (Å²) in [5.41, 5.74) is 1.47. The standard InChI is InChI=1S/C21H18F3N5O/c22-21(23,24)19(15-6-4-9-26-13-15)28-20(30)18-16-7-1-2-10-29(16)17(27-18)11-14-5-3-8-25-12-14/h1-10,12-13,17,19,27H,11H2,(H,28,30)/p+1. The Morgan fingerprint density at radius 3 is 2.87 bits per heavy atom. The van der Waals surface area contributed by atoms with Gasteiger partial charge in [-0.15, -0.1) is 0 Å². The van der Waals surface area contributed by atoms with E-state index in [-0.39, 0.29) is 17.4 Å². The quantitative estimate of drug-likeness (QED) is 0.788. The lowest BCUT2D eigenvalue weighted by Gasteiger charge is -2.25. The highest BCUT2D eigenvalue weighted by Gasteiger charge is 2.43. The van der Waals surface area contributed by atoms with Crippen LogP contribution in [-0.4, -0.2) is 28.1 Å². The number of allylic oxidation sites excluding steroid dienone is 3. The molecular formula is C21H19F3N5O+. The van der Waals surface area contributed by atoms with E-state index in [9.17, 15) is 18.0 Å². The Balaban J connectivity index is 1.58. The molecule has 0 aromatic carbocycles. The number of nitrogens with one attached hydrogen (secondary N) is 3. The molecule has 2 aliphatic rings. The molecule has 0 spiro atoms. The summed E-state index contributed by atoms with van der Waals surface area (Å²) in [5.74, 6) is -0.830. The van der Waals surface area contributed by atoms with Crippen LogP contribution >= 0.6 is 0 Å². The number of nitrogens with zero attached hydrogens (tertiary/aromatic N) is 2. The van der Waals surface area contributed by atoms with E-state index in [4.69, 9.17) is 0 Å². The molecule has 0 fully saturated rings. The van der Waals surface area contributed by atoms with Crippen molar-refractivity contribution in [1.82, 2.24) is 20.5 Å². The molecule has 9 heteroatoms. The third-order valence-electron chi connectivity index (χ3n) is 4.84. The van der Waals surface area contributed by atoms with Crippen LogP contribution in [0.2, 0.25) is 0 Å². The lowest BCUT2D eigenvalue weighted by molar-refractivity contribution is -0.378. The highest BCUT2D eigenvalue weighted by Crippen LogP contribution is 2.33. The van der Waals surface area contributed by atoms with Crippen molar-refractivity contribution in [2.24, 2.45) is 0 Å². The second-order valence-corrected chi connectivity index (χ2v) is 6.88. The van der Waals surface area contributed by atoms with Crippen molar-refractivity contribution in [3.63, 3.8) is 0 Å². The van der Waals surface area contributed by atoms with E-state index in [0.717, 1.165) is 11.8 Å². The molecule has 0 saturated carbocycles. The van der Waals surface area contributed by atoms with E-state index in [1.165, 1.54) is 18.3 Å². The fourth-order valence-electron chi connectivity index (χ4n) is 3.47. The summed E-state index contributed by atoms with van der Waals surface area (Å²) in [7, 11) is 0. The van der Waals surface area contributed by atoms with E-state index in [0.29, 0.717) is 12.1 Å². The Kier molecular flexibility index (Phi) is 5.26. The Labute approximate surface area is 170 Å². The van der Waals surface area contributed by atoms with Gasteiger partial charge in [0.15, 0.2) is 18.4 Å². The Hall–Kier alpha value is -3.62. The zero-order valence-electron chi connectivity index (χ0n) is 15.7. The van der Waals surface area contributed by atoms with Gasteiger partial charge < -0.3 is 15.5 Å². The molecule has 3 N–H and O–H groups in total. The number of alkyl halides is 3. The average molecular weight is 414 g/mol. The van der Waals surface area contributed by atoms with Gasteiger partial charge in [0.05, 0.1) is 5.70 Å². The number of pyridine rings is 2. The zero-order valence-corrected chi connectivity index (χ0v) is 15.7. The fraction of sp³-hybridized carbons (Fsp3) is 0.190. The lowest BCUT2D eigenvalue weighted by Crippen LogP contribution is -2.42. The molecule has 2 aromatic rings. The van der Waals surface area contributed by atoms with Crippen LogP contribution in [0.4, 0.5) is 13.2 Å². The van der Waals surface area contributed by atoms with Gasteiger partial charge in [-0.2, -0.15) is 13.2 Å². The van der Waals surface area contributed by atoms with E-state index >= 15 is 0 Å². The molecule has 6 nitrogen and oxygen atoms in total. The molecule has 0 aliphatic carbocycles. The minimum Gasteiger partial charge on any atom is -0.358 e. The highest BCUT2D eigenvalue weighted by molar-refractivity contribution is 5.95. The lowest BCUT2D eigenvalue weighted by atomic mass is 10.1. The number of aromatic nitrogens is 2. The van der Waals surface area contributed by atoms with Crippen LogP contribution in [0.25, 0.3) is 0 Å². The maximum Gasteiger partial charge on any atom is 0.412 e. The second-order valence-electron chi connectivity index (χ2n) is 6.88. The van der Waals surface area contributed by atoms with Gasteiger partial charge in [-0.25, -0.2) is 4.98 Å². The third kappa shape index (κ3) is 4.05. The van der Waals surface area contributed by atoms with Crippen LogP contribution in [0.1, 0.15) is 17.2 Å². The number of hydrogen-bond donors (Lipinski definition) is 2. The molecule has 2 aliphatic heterocycles. The summed E-state index contributed by atoms with van der Waals surface area (Å²) in [6, 6.07) is 4.32. The number of aromatic amines is 1. The maximum absolute atomic E-state index is 13.6. The first-order valence-corrected chi connectivity index (χ1v) is 9.30. The molecule has 4 heterocycles. The maximum atomic E-state index is 13.6. The van der Waals surface area contributed by atoms with Gasteiger partial charge in [0, 0.05) is 42.2 Å². The van der Waals surface area contributed by atoms with E-state index in [1.54, 1.807) is 24.5 Å². The molecule has 4 rings (SSSR count). The summed E-state index contributed by atoms with van der Waals surface area (Å²) in [6.07, 6.45) is 8.72. The molecular weight excluding hydrogens is 395 g/mol. The first-order chi connectivity index (χ1) is 14.4. The number of rotatable bonds is 5. The van der Waals surface area contributed by atoms with Gasteiger partial charge in [0.1, 0.15) is 11.9 Å². The largest absolute Gasteiger partial charge is 0.412 e. The van der Waals surface area contributed by atoms with Crippen LogP contribution in [0, 0.1) is 0 Å². The van der Waals surface area contributed by atoms with Crippen molar-refractivity contribution < 1.29 is 22.9 Å². The van der Waals surface area contributed by atoms with E-state index < -0.39 is 18.1 Å². The number of H-pyrrole nitrogens is 1. The van der Waals surface area contributed by atoms with Crippen molar-refractivity contribution in [2.75, 3.05) is 0 Å². The van der Waals surface area contributed by atoms with Crippen molar-refractivity contribution in [3.8, 4) is 0 Å². The molecule has 154 valence electrons. The van der Waals surface area contributed by atoms with Gasteiger partial charge in [-0.1, -0.05) is 12.1 Å². The summed E-state index contributed by atoms with van der Waals surface area (Å²) in [5, 5.41) is 5.20. The van der Waals surface area contributed by atoms with Crippen LogP contribution in [0.3, 0.4) is 0 Å². The first-order valence-electron chi connectivity index (χ1n) is 9.30. The number of halogens is 3. The predicted octanol–water partition coefficient (Wildman–Crippen LogP) is 2.38. The van der Waals surface area contributed by atoms with E-state index in [1.807, 2.05) is 29.3 Å². The van der Waals surface area contributed by atoms with Gasteiger partial charge in [-0.3, -0.25) is 9.78 Å². The summed E-state index contributed by atoms with van der Waals surface area (Å²) < 4.78 is 40.9. The molecule has 0 bridgehead atoms.